The van der Waals surface area contributed by atoms with Crippen LogP contribution in [0.2, 0.25) is 0 Å². The fraction of sp³-hybridized carbons (Fsp3) is 0.579. The Morgan fingerprint density at radius 3 is 2.20 bits per heavy atom. The van der Waals surface area contributed by atoms with E-state index >= 15 is 0 Å². The van der Waals surface area contributed by atoms with Crippen LogP contribution >= 0.6 is 0 Å². The predicted octanol–water partition coefficient (Wildman–Crippen LogP) is 0.0705. The number of carbonyl (C=O) groups is 4. The molecule has 2 aliphatic heterocycles. The van der Waals surface area contributed by atoms with Gasteiger partial charge in [0, 0.05) is 33.4 Å². The van der Waals surface area contributed by atoms with Crippen molar-refractivity contribution in [1.29, 1.82) is 0 Å². The molecule has 0 saturated carbocycles. The molecule has 30 heavy (non-hydrogen) atoms. The molecule has 1 saturated heterocycles. The van der Waals surface area contributed by atoms with Crippen LogP contribution in [0.25, 0.3) is 0 Å². The third-order valence-corrected chi connectivity index (χ3v) is 3.69. The smallest absolute Gasteiger partial charge is 0.335 e. The molecule has 0 aliphatic carbocycles. The number of rotatable bonds is 6. The minimum Gasteiger partial charge on any atom is -0.463 e. The highest BCUT2D eigenvalue weighted by Gasteiger charge is 2.49. The third kappa shape index (κ3) is 8.62. The van der Waals surface area contributed by atoms with Crippen LogP contribution in [-0.4, -0.2) is 66.8 Å². The van der Waals surface area contributed by atoms with Crippen molar-refractivity contribution in [2.24, 2.45) is 0 Å². The zero-order chi connectivity index (χ0) is 22.7. The maximum absolute atomic E-state index is 11.0. The number of dihydropyridines is 1. The van der Waals surface area contributed by atoms with Crippen molar-refractivity contribution < 1.29 is 48.0 Å². The van der Waals surface area contributed by atoms with Crippen LogP contribution in [0.5, 0.6) is 0 Å². The van der Waals surface area contributed by atoms with Crippen LogP contribution < -0.4 is 5.32 Å². The van der Waals surface area contributed by atoms with E-state index in [0.717, 1.165) is 6.92 Å². The minimum absolute atomic E-state index is 0.220. The summed E-state index contributed by atoms with van der Waals surface area (Å²) < 4.78 is 24.4. The lowest BCUT2D eigenvalue weighted by atomic mass is 10.1. The molecule has 1 unspecified atom stereocenters. The van der Waals surface area contributed by atoms with Crippen molar-refractivity contribution in [2.45, 2.75) is 58.7 Å². The first-order chi connectivity index (χ1) is 14.1. The molecule has 0 bridgehead atoms. The van der Waals surface area contributed by atoms with E-state index in [-0.39, 0.29) is 12.6 Å². The maximum Gasteiger partial charge on any atom is 0.335 e. The first kappa shape index (κ1) is 25.1. The summed E-state index contributed by atoms with van der Waals surface area (Å²) in [5.74, 6) is -2.06. The highest BCUT2D eigenvalue weighted by atomic mass is 16.7. The molecular weight excluding hydrogens is 402 g/mol. The van der Waals surface area contributed by atoms with E-state index in [4.69, 9.17) is 23.7 Å². The summed E-state index contributed by atoms with van der Waals surface area (Å²) in [5, 5.41) is 12.5. The number of hydrogen-bond acceptors (Lipinski definition) is 11. The molecular formula is C19H27NO10. The van der Waals surface area contributed by atoms with Gasteiger partial charge in [-0.2, -0.15) is 0 Å². The van der Waals surface area contributed by atoms with Crippen LogP contribution in [0.1, 0.15) is 34.1 Å². The monoisotopic (exact) mass is 429 g/mol. The highest BCUT2D eigenvalue weighted by molar-refractivity contribution is 5.88. The normalized spacial score (nSPS) is 24.4. The van der Waals surface area contributed by atoms with Crippen molar-refractivity contribution in [1.82, 2.24) is 5.32 Å². The van der Waals surface area contributed by atoms with E-state index in [1.54, 1.807) is 19.3 Å². The van der Waals surface area contributed by atoms with Crippen LogP contribution in [-0.2, 0) is 42.9 Å². The Morgan fingerprint density at radius 1 is 1.07 bits per heavy atom. The lowest BCUT2D eigenvalue weighted by Crippen LogP contribution is -2.41. The molecule has 2 N–H and O–H groups in total. The van der Waals surface area contributed by atoms with E-state index < -0.39 is 42.5 Å². The molecule has 1 fully saturated rings. The summed E-state index contributed by atoms with van der Waals surface area (Å²) in [4.78, 5) is 43.7. The molecule has 2 rings (SSSR count). The summed E-state index contributed by atoms with van der Waals surface area (Å²) in [6.07, 6.45) is 1.47. The molecule has 11 heteroatoms. The average Bonchev–Trinajstić information content (AvgIpc) is 2.95. The topological polar surface area (TPSA) is 147 Å². The Morgan fingerprint density at radius 2 is 1.70 bits per heavy atom. The number of allylic oxidation sites excluding steroid dienone is 1. The summed E-state index contributed by atoms with van der Waals surface area (Å²) in [6, 6.07) is 0. The van der Waals surface area contributed by atoms with Crippen molar-refractivity contribution in [3.05, 3.63) is 24.0 Å². The molecule has 0 aromatic heterocycles. The van der Waals surface area contributed by atoms with Gasteiger partial charge in [0.15, 0.2) is 18.5 Å². The van der Waals surface area contributed by atoms with Gasteiger partial charge in [0.05, 0.1) is 12.2 Å². The fourth-order valence-corrected chi connectivity index (χ4v) is 2.52. The SMILES string of the molecule is CC(=O)OC[C@H]1OC(O)[C@H](OC(C)=O)[C@@H]1OC(C)=O.CCOC(=O)C1=CNC=CC1. The Bertz CT molecular complexity index is 687. The summed E-state index contributed by atoms with van der Waals surface area (Å²) in [6.45, 7) is 5.53. The second-order valence-electron chi connectivity index (χ2n) is 6.18. The summed E-state index contributed by atoms with van der Waals surface area (Å²) in [7, 11) is 0. The van der Waals surface area contributed by atoms with Crippen LogP contribution in [0.15, 0.2) is 24.0 Å². The average molecular weight is 429 g/mol. The molecule has 0 aromatic carbocycles. The lowest BCUT2D eigenvalue weighted by Gasteiger charge is -2.21. The van der Waals surface area contributed by atoms with Gasteiger partial charge in [0.25, 0.3) is 0 Å². The van der Waals surface area contributed by atoms with Gasteiger partial charge in [-0.3, -0.25) is 14.4 Å². The van der Waals surface area contributed by atoms with Gasteiger partial charge in [-0.25, -0.2) is 4.79 Å². The standard InChI is InChI=1S/C11H16O8.C8H11NO2/c1-5(12)16-4-8-9(17-6(2)13)10(11(15)19-8)18-7(3)14;1-2-11-8(10)7-4-3-5-9-6-7/h8-11,15H,4H2,1-3H3;3,5-6,9H,2,4H2,1H3/t8-,9-,10-,11?;/m1./s1. The Balaban J connectivity index is 0.000000346. The number of hydrogen-bond donors (Lipinski definition) is 2. The lowest BCUT2D eigenvalue weighted by molar-refractivity contribution is -0.174. The van der Waals surface area contributed by atoms with Crippen molar-refractivity contribution in [3.8, 4) is 0 Å². The Hall–Kier alpha value is -2.92. The largest absolute Gasteiger partial charge is 0.463 e. The number of esters is 4. The van der Waals surface area contributed by atoms with E-state index in [1.807, 2.05) is 6.08 Å². The number of aliphatic hydroxyl groups excluding tert-OH is 1. The van der Waals surface area contributed by atoms with E-state index in [2.05, 4.69) is 5.32 Å². The third-order valence-electron chi connectivity index (χ3n) is 3.69. The van der Waals surface area contributed by atoms with Crippen molar-refractivity contribution >= 4 is 23.9 Å². The van der Waals surface area contributed by atoms with E-state index in [1.165, 1.54) is 13.8 Å². The predicted molar refractivity (Wildman–Crippen MR) is 100 cm³/mol. The van der Waals surface area contributed by atoms with Crippen molar-refractivity contribution in [3.63, 3.8) is 0 Å². The number of ether oxygens (including phenoxy) is 5. The van der Waals surface area contributed by atoms with Crippen molar-refractivity contribution in [2.75, 3.05) is 13.2 Å². The number of nitrogens with one attached hydrogen (secondary N) is 1. The summed E-state index contributed by atoms with van der Waals surface area (Å²) in [5.41, 5.74) is 0.675. The van der Waals surface area contributed by atoms with Gasteiger partial charge >= 0.3 is 23.9 Å². The zero-order valence-electron chi connectivity index (χ0n) is 17.3. The molecule has 0 amide bonds. The Labute approximate surface area is 173 Å². The quantitative estimate of drug-likeness (QED) is 0.437. The number of aliphatic hydroxyl groups is 1. The van der Waals surface area contributed by atoms with Crippen LogP contribution in [0.3, 0.4) is 0 Å². The highest BCUT2D eigenvalue weighted by Crippen LogP contribution is 2.26. The van der Waals surface area contributed by atoms with Crippen LogP contribution in [0.4, 0.5) is 0 Å². The minimum atomic E-state index is -1.45. The first-order valence-corrected chi connectivity index (χ1v) is 9.24. The molecule has 0 radical (unpaired) electrons. The number of carbonyl (C=O) groups excluding carboxylic acids is 4. The second kappa shape index (κ2) is 12.6. The molecule has 4 atom stereocenters. The van der Waals surface area contributed by atoms with Gasteiger partial charge < -0.3 is 34.1 Å². The molecule has 0 spiro atoms. The van der Waals surface area contributed by atoms with Gasteiger partial charge in [0.1, 0.15) is 12.7 Å². The van der Waals surface area contributed by atoms with E-state index in [0.29, 0.717) is 18.6 Å². The first-order valence-electron chi connectivity index (χ1n) is 9.24. The molecule has 168 valence electrons. The molecule has 0 aromatic rings. The summed E-state index contributed by atoms with van der Waals surface area (Å²) >= 11 is 0. The molecule has 2 aliphatic rings. The molecule has 11 nitrogen and oxygen atoms in total. The Kier molecular flexibility index (Phi) is 10.6. The van der Waals surface area contributed by atoms with Gasteiger partial charge in [-0.05, 0) is 13.1 Å². The maximum atomic E-state index is 11.0. The fourth-order valence-electron chi connectivity index (χ4n) is 2.52. The second-order valence-corrected chi connectivity index (χ2v) is 6.18. The van der Waals surface area contributed by atoms with Crippen LogP contribution in [0, 0.1) is 0 Å². The van der Waals surface area contributed by atoms with Gasteiger partial charge in [-0.15, -0.1) is 0 Å². The zero-order valence-corrected chi connectivity index (χ0v) is 17.3. The van der Waals surface area contributed by atoms with Gasteiger partial charge in [-0.1, -0.05) is 6.08 Å². The van der Waals surface area contributed by atoms with E-state index in [9.17, 15) is 24.3 Å². The van der Waals surface area contributed by atoms with Gasteiger partial charge in [0.2, 0.25) is 0 Å². The molecule has 2 heterocycles.